The minimum absolute atomic E-state index is 0.703. The van der Waals surface area contributed by atoms with Crippen molar-refractivity contribution in [2.24, 2.45) is 0 Å². The van der Waals surface area contributed by atoms with Gasteiger partial charge in [0, 0.05) is 31.0 Å². The summed E-state index contributed by atoms with van der Waals surface area (Å²) in [5, 5.41) is 0.775. The van der Waals surface area contributed by atoms with E-state index in [2.05, 4.69) is 30.9 Å². The van der Waals surface area contributed by atoms with Crippen LogP contribution >= 0.6 is 15.9 Å². The standard InChI is InChI=1S/C12H13BrN4/c1-17(9-11-4-2-3-5-14-11)12-15-7-10(6-13)8-16-12/h2-5,7-8H,6,9H2,1H3. The fourth-order valence-corrected chi connectivity index (χ4v) is 1.71. The predicted molar refractivity (Wildman–Crippen MR) is 71.0 cm³/mol. The quantitative estimate of drug-likeness (QED) is 0.812. The van der Waals surface area contributed by atoms with Crippen molar-refractivity contribution in [1.29, 1.82) is 0 Å². The molecule has 5 heteroatoms. The van der Waals surface area contributed by atoms with Gasteiger partial charge in [-0.2, -0.15) is 0 Å². The summed E-state index contributed by atoms with van der Waals surface area (Å²) in [6.07, 6.45) is 5.44. The third-order valence-corrected chi connectivity index (χ3v) is 2.96. The van der Waals surface area contributed by atoms with E-state index in [4.69, 9.17) is 0 Å². The number of hydrogen-bond donors (Lipinski definition) is 0. The number of nitrogens with zero attached hydrogens (tertiary/aromatic N) is 4. The number of pyridine rings is 1. The zero-order valence-electron chi connectivity index (χ0n) is 9.55. The molecular formula is C12H13BrN4. The van der Waals surface area contributed by atoms with E-state index in [1.54, 1.807) is 6.20 Å². The zero-order valence-corrected chi connectivity index (χ0v) is 11.1. The molecule has 0 spiro atoms. The maximum atomic E-state index is 4.30. The Hall–Kier alpha value is -1.49. The Balaban J connectivity index is 2.06. The highest BCUT2D eigenvalue weighted by Crippen LogP contribution is 2.09. The van der Waals surface area contributed by atoms with Crippen molar-refractivity contribution < 1.29 is 0 Å². The molecule has 0 aliphatic carbocycles. The maximum absolute atomic E-state index is 4.30. The molecule has 0 amide bonds. The van der Waals surface area contributed by atoms with Crippen LogP contribution in [0.3, 0.4) is 0 Å². The van der Waals surface area contributed by atoms with Crippen molar-refractivity contribution >= 4 is 21.9 Å². The topological polar surface area (TPSA) is 41.9 Å². The molecule has 0 radical (unpaired) electrons. The highest BCUT2D eigenvalue weighted by molar-refractivity contribution is 9.08. The molecule has 0 saturated heterocycles. The number of rotatable bonds is 4. The van der Waals surface area contributed by atoms with Gasteiger partial charge in [0.2, 0.25) is 5.95 Å². The predicted octanol–water partition coefficient (Wildman–Crippen LogP) is 2.40. The summed E-state index contributed by atoms with van der Waals surface area (Å²) in [6.45, 7) is 0.703. The van der Waals surface area contributed by atoms with E-state index in [-0.39, 0.29) is 0 Å². The van der Waals surface area contributed by atoms with E-state index in [1.807, 2.05) is 42.5 Å². The second kappa shape index (κ2) is 5.72. The van der Waals surface area contributed by atoms with Crippen molar-refractivity contribution in [3.63, 3.8) is 0 Å². The SMILES string of the molecule is CN(Cc1ccccn1)c1ncc(CBr)cn1. The maximum Gasteiger partial charge on any atom is 0.225 e. The average Bonchev–Trinajstić information content (AvgIpc) is 2.40. The van der Waals surface area contributed by atoms with Gasteiger partial charge >= 0.3 is 0 Å². The minimum atomic E-state index is 0.703. The minimum Gasteiger partial charge on any atom is -0.338 e. The van der Waals surface area contributed by atoms with E-state index in [9.17, 15) is 0 Å². The van der Waals surface area contributed by atoms with Crippen molar-refractivity contribution in [3.8, 4) is 0 Å². The van der Waals surface area contributed by atoms with E-state index < -0.39 is 0 Å². The van der Waals surface area contributed by atoms with Crippen LogP contribution in [0.2, 0.25) is 0 Å². The van der Waals surface area contributed by atoms with Crippen LogP contribution in [0.25, 0.3) is 0 Å². The van der Waals surface area contributed by atoms with Gasteiger partial charge < -0.3 is 4.90 Å². The molecule has 0 fully saturated rings. The van der Waals surface area contributed by atoms with Crippen LogP contribution in [0.5, 0.6) is 0 Å². The first-order chi connectivity index (χ1) is 8.29. The first-order valence-corrected chi connectivity index (χ1v) is 6.39. The molecule has 0 aliphatic heterocycles. The largest absolute Gasteiger partial charge is 0.338 e. The van der Waals surface area contributed by atoms with Crippen LogP contribution < -0.4 is 4.90 Å². The van der Waals surface area contributed by atoms with Gasteiger partial charge in [-0.3, -0.25) is 4.98 Å². The van der Waals surface area contributed by atoms with Crippen LogP contribution in [0.4, 0.5) is 5.95 Å². The molecule has 2 aromatic heterocycles. The fourth-order valence-electron chi connectivity index (χ4n) is 1.42. The molecular weight excluding hydrogens is 280 g/mol. The number of aromatic nitrogens is 3. The summed E-state index contributed by atoms with van der Waals surface area (Å²) < 4.78 is 0. The van der Waals surface area contributed by atoms with Gasteiger partial charge in [-0.1, -0.05) is 22.0 Å². The molecule has 17 heavy (non-hydrogen) atoms. The Morgan fingerprint density at radius 3 is 2.53 bits per heavy atom. The van der Waals surface area contributed by atoms with Gasteiger partial charge in [0.1, 0.15) is 0 Å². The first-order valence-electron chi connectivity index (χ1n) is 5.27. The van der Waals surface area contributed by atoms with Gasteiger partial charge in [-0.05, 0) is 17.7 Å². The van der Waals surface area contributed by atoms with Crippen molar-refractivity contribution in [2.45, 2.75) is 11.9 Å². The summed E-state index contributed by atoms with van der Waals surface area (Å²) in [6, 6.07) is 5.87. The lowest BCUT2D eigenvalue weighted by Crippen LogP contribution is -2.19. The summed E-state index contributed by atoms with van der Waals surface area (Å²) in [5.74, 6) is 0.709. The number of hydrogen-bond acceptors (Lipinski definition) is 4. The molecule has 0 aromatic carbocycles. The highest BCUT2D eigenvalue weighted by Gasteiger charge is 2.05. The van der Waals surface area contributed by atoms with Crippen LogP contribution in [-0.4, -0.2) is 22.0 Å². The third-order valence-electron chi connectivity index (χ3n) is 2.31. The Morgan fingerprint density at radius 2 is 1.94 bits per heavy atom. The van der Waals surface area contributed by atoms with E-state index >= 15 is 0 Å². The Kier molecular flexibility index (Phi) is 4.03. The van der Waals surface area contributed by atoms with E-state index in [1.165, 1.54) is 0 Å². The molecule has 2 heterocycles. The van der Waals surface area contributed by atoms with Crippen molar-refractivity contribution in [1.82, 2.24) is 15.0 Å². The summed E-state index contributed by atoms with van der Waals surface area (Å²) in [4.78, 5) is 14.9. The first kappa shape index (κ1) is 12.0. The molecule has 88 valence electrons. The van der Waals surface area contributed by atoms with Gasteiger partial charge in [0.15, 0.2) is 0 Å². The normalized spacial score (nSPS) is 10.2. The van der Waals surface area contributed by atoms with Crippen LogP contribution in [0.15, 0.2) is 36.8 Å². The molecule has 0 bridgehead atoms. The van der Waals surface area contributed by atoms with Crippen molar-refractivity contribution in [3.05, 3.63) is 48.0 Å². The number of alkyl halides is 1. The number of anilines is 1. The molecule has 0 N–H and O–H groups in total. The second-order valence-corrected chi connectivity index (χ2v) is 4.26. The third kappa shape index (κ3) is 3.23. The smallest absolute Gasteiger partial charge is 0.225 e. The van der Waals surface area contributed by atoms with Crippen LogP contribution in [0, 0.1) is 0 Å². The van der Waals surface area contributed by atoms with Crippen LogP contribution in [0.1, 0.15) is 11.3 Å². The molecule has 0 atom stereocenters. The number of halogens is 1. The van der Waals surface area contributed by atoms with Gasteiger partial charge in [0.05, 0.1) is 12.2 Å². The van der Waals surface area contributed by atoms with Gasteiger partial charge in [-0.25, -0.2) is 9.97 Å². The van der Waals surface area contributed by atoms with Crippen LogP contribution in [-0.2, 0) is 11.9 Å². The Bertz CT molecular complexity index is 458. The van der Waals surface area contributed by atoms with Crippen molar-refractivity contribution in [2.75, 3.05) is 11.9 Å². The van der Waals surface area contributed by atoms with Gasteiger partial charge in [0.25, 0.3) is 0 Å². The lowest BCUT2D eigenvalue weighted by atomic mass is 10.3. The second-order valence-electron chi connectivity index (χ2n) is 3.70. The zero-order chi connectivity index (χ0) is 12.1. The molecule has 0 unspecified atom stereocenters. The summed E-state index contributed by atoms with van der Waals surface area (Å²) in [7, 11) is 1.96. The lowest BCUT2D eigenvalue weighted by Gasteiger charge is -2.16. The molecule has 0 saturated carbocycles. The summed E-state index contributed by atoms with van der Waals surface area (Å²) >= 11 is 3.37. The van der Waals surface area contributed by atoms with Gasteiger partial charge in [-0.15, -0.1) is 0 Å². The van der Waals surface area contributed by atoms with E-state index in [0.717, 1.165) is 16.6 Å². The highest BCUT2D eigenvalue weighted by atomic mass is 79.9. The molecule has 2 aromatic rings. The fraction of sp³-hybridized carbons (Fsp3) is 0.250. The monoisotopic (exact) mass is 292 g/mol. The summed E-state index contributed by atoms with van der Waals surface area (Å²) in [5.41, 5.74) is 2.07. The lowest BCUT2D eigenvalue weighted by molar-refractivity contribution is 0.838. The molecule has 0 aliphatic rings. The average molecular weight is 293 g/mol. The molecule has 4 nitrogen and oxygen atoms in total. The Labute approximate surface area is 109 Å². The Morgan fingerprint density at radius 1 is 1.18 bits per heavy atom. The molecule has 2 rings (SSSR count). The van der Waals surface area contributed by atoms with E-state index in [0.29, 0.717) is 12.5 Å².